The standard InChI is InChI=1S/C15H12Br2FNO2/c1-15(14(20)21,12-7-4-10(18)8-13(12)17)19-11-5-2-9(16)3-6-11/h2-8,19H,1H3,(H,20,21). The fraction of sp³-hybridized carbons (Fsp3) is 0.133. The lowest BCUT2D eigenvalue weighted by atomic mass is 9.91. The monoisotopic (exact) mass is 415 g/mol. The number of nitrogens with one attached hydrogen (secondary N) is 1. The molecular weight excluding hydrogens is 405 g/mol. The minimum atomic E-state index is -1.39. The molecule has 0 aliphatic rings. The van der Waals surface area contributed by atoms with Crippen LogP contribution in [-0.4, -0.2) is 11.1 Å². The zero-order chi connectivity index (χ0) is 15.6. The fourth-order valence-corrected chi connectivity index (χ4v) is 2.96. The second-order valence-electron chi connectivity index (χ2n) is 4.69. The largest absolute Gasteiger partial charge is 0.479 e. The van der Waals surface area contributed by atoms with Gasteiger partial charge in [0.05, 0.1) is 0 Å². The molecule has 2 aromatic carbocycles. The Hall–Kier alpha value is -1.40. The Bertz CT molecular complexity index is 676. The molecule has 0 saturated heterocycles. The van der Waals surface area contributed by atoms with Crippen LogP contribution in [-0.2, 0) is 10.3 Å². The molecule has 0 bridgehead atoms. The van der Waals surface area contributed by atoms with Crippen molar-refractivity contribution < 1.29 is 14.3 Å². The Labute approximate surface area is 138 Å². The van der Waals surface area contributed by atoms with Crippen LogP contribution in [0.1, 0.15) is 12.5 Å². The van der Waals surface area contributed by atoms with Crippen molar-refractivity contribution in [3.8, 4) is 0 Å². The summed E-state index contributed by atoms with van der Waals surface area (Å²) in [6.45, 7) is 1.54. The number of anilines is 1. The van der Waals surface area contributed by atoms with Crippen LogP contribution < -0.4 is 5.32 Å². The maximum atomic E-state index is 13.2. The molecule has 0 amide bonds. The van der Waals surface area contributed by atoms with Crippen molar-refractivity contribution in [3.63, 3.8) is 0 Å². The van der Waals surface area contributed by atoms with E-state index in [4.69, 9.17) is 0 Å². The third-order valence-corrected chi connectivity index (χ3v) is 4.32. The van der Waals surface area contributed by atoms with Gasteiger partial charge in [-0.1, -0.05) is 37.9 Å². The van der Waals surface area contributed by atoms with E-state index in [1.807, 2.05) is 12.1 Å². The molecule has 6 heteroatoms. The summed E-state index contributed by atoms with van der Waals surface area (Å²) in [4.78, 5) is 11.7. The molecule has 110 valence electrons. The molecule has 0 fully saturated rings. The molecule has 0 aliphatic carbocycles. The van der Waals surface area contributed by atoms with Gasteiger partial charge in [0, 0.05) is 20.2 Å². The van der Waals surface area contributed by atoms with Gasteiger partial charge in [-0.05, 0) is 43.3 Å². The van der Waals surface area contributed by atoms with E-state index in [2.05, 4.69) is 37.2 Å². The summed E-state index contributed by atoms with van der Waals surface area (Å²) in [5.41, 5.74) is -0.293. The Morgan fingerprint density at radius 1 is 1.19 bits per heavy atom. The summed E-state index contributed by atoms with van der Waals surface area (Å²) in [7, 11) is 0. The number of carbonyl (C=O) groups is 1. The second-order valence-corrected chi connectivity index (χ2v) is 6.46. The van der Waals surface area contributed by atoms with Crippen LogP contribution in [0.5, 0.6) is 0 Å². The first-order valence-electron chi connectivity index (χ1n) is 6.05. The van der Waals surface area contributed by atoms with Gasteiger partial charge in [-0.15, -0.1) is 0 Å². The number of aliphatic carboxylic acids is 1. The molecule has 2 N–H and O–H groups in total. The summed E-state index contributed by atoms with van der Waals surface area (Å²) in [6, 6.07) is 11.1. The minimum absolute atomic E-state index is 0.400. The highest BCUT2D eigenvalue weighted by Gasteiger charge is 2.37. The third kappa shape index (κ3) is 3.44. The molecule has 1 unspecified atom stereocenters. The molecule has 0 spiro atoms. The highest BCUT2D eigenvalue weighted by molar-refractivity contribution is 9.10. The van der Waals surface area contributed by atoms with Gasteiger partial charge in [-0.25, -0.2) is 9.18 Å². The number of hydrogen-bond donors (Lipinski definition) is 2. The maximum absolute atomic E-state index is 13.2. The highest BCUT2D eigenvalue weighted by atomic mass is 79.9. The van der Waals surface area contributed by atoms with Gasteiger partial charge >= 0.3 is 5.97 Å². The van der Waals surface area contributed by atoms with Crippen molar-refractivity contribution in [2.75, 3.05) is 5.32 Å². The van der Waals surface area contributed by atoms with E-state index in [1.165, 1.54) is 25.1 Å². The highest BCUT2D eigenvalue weighted by Crippen LogP contribution is 2.33. The molecule has 1 atom stereocenters. The van der Waals surface area contributed by atoms with Gasteiger partial charge in [-0.3, -0.25) is 0 Å². The normalized spacial score (nSPS) is 13.5. The van der Waals surface area contributed by atoms with E-state index in [0.717, 1.165) is 4.47 Å². The molecule has 21 heavy (non-hydrogen) atoms. The summed E-state index contributed by atoms with van der Waals surface area (Å²) in [6.07, 6.45) is 0. The van der Waals surface area contributed by atoms with E-state index < -0.39 is 17.3 Å². The lowest BCUT2D eigenvalue weighted by Gasteiger charge is -2.29. The topological polar surface area (TPSA) is 49.3 Å². The second kappa shape index (κ2) is 6.15. The predicted molar refractivity (Wildman–Crippen MR) is 86.9 cm³/mol. The van der Waals surface area contributed by atoms with Crippen molar-refractivity contribution in [1.82, 2.24) is 0 Å². The SMILES string of the molecule is CC(Nc1ccc(Br)cc1)(C(=O)O)c1ccc(F)cc1Br. The molecule has 0 saturated carbocycles. The van der Waals surface area contributed by atoms with Gasteiger partial charge in [0.15, 0.2) is 5.54 Å². The Kier molecular flexibility index (Phi) is 4.68. The van der Waals surface area contributed by atoms with Gasteiger partial charge in [0.2, 0.25) is 0 Å². The molecular formula is C15H12Br2FNO2. The summed E-state index contributed by atoms with van der Waals surface area (Å²) in [5, 5.41) is 12.6. The van der Waals surface area contributed by atoms with Gasteiger partial charge in [-0.2, -0.15) is 0 Å². The number of benzene rings is 2. The van der Waals surface area contributed by atoms with Gasteiger partial charge < -0.3 is 10.4 Å². The van der Waals surface area contributed by atoms with E-state index in [-0.39, 0.29) is 0 Å². The van der Waals surface area contributed by atoms with Crippen LogP contribution in [0, 0.1) is 5.82 Å². The van der Waals surface area contributed by atoms with E-state index in [1.54, 1.807) is 12.1 Å². The smallest absolute Gasteiger partial charge is 0.333 e. The van der Waals surface area contributed by atoms with E-state index >= 15 is 0 Å². The van der Waals surface area contributed by atoms with Crippen LogP contribution in [0.2, 0.25) is 0 Å². The van der Waals surface area contributed by atoms with Crippen molar-refractivity contribution in [2.24, 2.45) is 0 Å². The minimum Gasteiger partial charge on any atom is -0.479 e. The number of hydrogen-bond acceptors (Lipinski definition) is 2. The first-order valence-corrected chi connectivity index (χ1v) is 7.64. The van der Waals surface area contributed by atoms with E-state index in [9.17, 15) is 14.3 Å². The van der Waals surface area contributed by atoms with Crippen LogP contribution in [0.3, 0.4) is 0 Å². The average Bonchev–Trinajstić information content (AvgIpc) is 2.41. The lowest BCUT2D eigenvalue weighted by Crippen LogP contribution is -2.40. The lowest BCUT2D eigenvalue weighted by molar-refractivity contribution is -0.142. The fourth-order valence-electron chi connectivity index (χ4n) is 1.95. The van der Waals surface area contributed by atoms with Gasteiger partial charge in [0.1, 0.15) is 5.82 Å². The quantitative estimate of drug-likeness (QED) is 0.755. The number of halogens is 3. The number of carboxylic acid groups (broad SMARTS) is 1. The number of rotatable bonds is 4. The van der Waals surface area contributed by atoms with Gasteiger partial charge in [0.25, 0.3) is 0 Å². The summed E-state index contributed by atoms with van der Waals surface area (Å²) in [5.74, 6) is -1.49. The van der Waals surface area contributed by atoms with Crippen LogP contribution in [0.4, 0.5) is 10.1 Å². The summed E-state index contributed by atoms with van der Waals surface area (Å²) >= 11 is 6.55. The number of carboxylic acids is 1. The van der Waals surface area contributed by atoms with Crippen molar-refractivity contribution in [1.29, 1.82) is 0 Å². The van der Waals surface area contributed by atoms with Crippen molar-refractivity contribution in [2.45, 2.75) is 12.5 Å². The Balaban J connectivity index is 2.45. The molecule has 0 aromatic heterocycles. The first kappa shape index (κ1) is 16.0. The van der Waals surface area contributed by atoms with Crippen LogP contribution >= 0.6 is 31.9 Å². The zero-order valence-corrected chi connectivity index (χ0v) is 14.2. The molecule has 0 aliphatic heterocycles. The van der Waals surface area contributed by atoms with E-state index in [0.29, 0.717) is 15.7 Å². The Morgan fingerprint density at radius 3 is 2.33 bits per heavy atom. The van der Waals surface area contributed by atoms with Crippen molar-refractivity contribution >= 4 is 43.5 Å². The molecule has 0 heterocycles. The average molecular weight is 417 g/mol. The summed E-state index contributed by atoms with van der Waals surface area (Å²) < 4.78 is 14.5. The van der Waals surface area contributed by atoms with Crippen molar-refractivity contribution in [3.05, 3.63) is 62.8 Å². The third-order valence-electron chi connectivity index (χ3n) is 3.14. The molecule has 0 radical (unpaired) electrons. The Morgan fingerprint density at radius 2 is 1.81 bits per heavy atom. The van der Waals surface area contributed by atoms with Crippen LogP contribution in [0.25, 0.3) is 0 Å². The maximum Gasteiger partial charge on any atom is 0.333 e. The van der Waals surface area contributed by atoms with Crippen LogP contribution in [0.15, 0.2) is 51.4 Å². The molecule has 2 rings (SSSR count). The molecule has 3 nitrogen and oxygen atoms in total. The molecule has 2 aromatic rings. The zero-order valence-electron chi connectivity index (χ0n) is 11.0. The first-order chi connectivity index (χ1) is 9.83. The predicted octanol–water partition coefficient (Wildman–Crippen LogP) is 4.76.